The van der Waals surface area contributed by atoms with E-state index in [0.29, 0.717) is 29.4 Å². The zero-order valence-corrected chi connectivity index (χ0v) is 15.6. The van der Waals surface area contributed by atoms with Crippen LogP contribution in [0.2, 0.25) is 0 Å². The predicted molar refractivity (Wildman–Crippen MR) is 103 cm³/mol. The lowest BCUT2D eigenvalue weighted by Gasteiger charge is -2.34. The Morgan fingerprint density at radius 2 is 2.07 bits per heavy atom. The Labute approximate surface area is 161 Å². The van der Waals surface area contributed by atoms with E-state index in [-0.39, 0.29) is 17.8 Å². The standard InChI is InChI=1S/C21H21FN4O2/c1-12-11-23-8-9-26(12)21(27)16-10-17(13-4-6-15(22)7-5-13)24-20-18(16)19(25-28-20)14-2-3-14/h4-7,10,12,14,23H,2-3,8-9,11H2,1H3/t12-/m1/s1. The highest BCUT2D eigenvalue weighted by molar-refractivity contribution is 6.07. The molecule has 1 amide bonds. The van der Waals surface area contributed by atoms with Gasteiger partial charge < -0.3 is 14.7 Å². The number of aromatic nitrogens is 2. The van der Waals surface area contributed by atoms with Crippen LogP contribution in [0.1, 0.15) is 41.7 Å². The molecule has 0 bridgehead atoms. The van der Waals surface area contributed by atoms with Crippen molar-refractivity contribution in [1.29, 1.82) is 0 Å². The lowest BCUT2D eigenvalue weighted by atomic mass is 10.0. The van der Waals surface area contributed by atoms with Crippen LogP contribution in [0.5, 0.6) is 0 Å². The minimum absolute atomic E-state index is 0.0325. The topological polar surface area (TPSA) is 71.3 Å². The number of hydrogen-bond donors (Lipinski definition) is 1. The molecule has 3 heterocycles. The minimum atomic E-state index is -0.313. The number of rotatable bonds is 3. The van der Waals surface area contributed by atoms with E-state index in [4.69, 9.17) is 4.52 Å². The van der Waals surface area contributed by atoms with Gasteiger partial charge in [-0.2, -0.15) is 0 Å². The van der Waals surface area contributed by atoms with Crippen molar-refractivity contribution in [2.45, 2.75) is 31.7 Å². The first-order valence-electron chi connectivity index (χ1n) is 9.70. The summed E-state index contributed by atoms with van der Waals surface area (Å²) in [5, 5.41) is 8.27. The number of benzene rings is 1. The van der Waals surface area contributed by atoms with Crippen LogP contribution < -0.4 is 5.32 Å². The van der Waals surface area contributed by atoms with Gasteiger partial charge in [0.25, 0.3) is 11.6 Å². The summed E-state index contributed by atoms with van der Waals surface area (Å²) >= 11 is 0. The largest absolute Gasteiger partial charge is 0.335 e. The van der Waals surface area contributed by atoms with E-state index in [1.165, 1.54) is 12.1 Å². The van der Waals surface area contributed by atoms with Gasteiger partial charge in [0.2, 0.25) is 0 Å². The Balaban J connectivity index is 1.66. The summed E-state index contributed by atoms with van der Waals surface area (Å²) in [6.07, 6.45) is 2.11. The van der Waals surface area contributed by atoms with Crippen LogP contribution in [0.4, 0.5) is 4.39 Å². The van der Waals surface area contributed by atoms with E-state index in [0.717, 1.165) is 42.6 Å². The molecule has 2 aliphatic rings. The molecule has 0 spiro atoms. The van der Waals surface area contributed by atoms with Crippen molar-refractivity contribution in [3.63, 3.8) is 0 Å². The maximum Gasteiger partial charge on any atom is 0.259 e. The van der Waals surface area contributed by atoms with Gasteiger partial charge in [0, 0.05) is 37.2 Å². The van der Waals surface area contributed by atoms with Crippen LogP contribution in [0.3, 0.4) is 0 Å². The average molecular weight is 380 g/mol. The number of fused-ring (bicyclic) bond motifs is 1. The Morgan fingerprint density at radius 3 is 2.79 bits per heavy atom. The van der Waals surface area contributed by atoms with Crippen molar-refractivity contribution < 1.29 is 13.7 Å². The third-order valence-corrected chi connectivity index (χ3v) is 5.57. The molecule has 1 saturated heterocycles. The molecule has 1 atom stereocenters. The Kier molecular flexibility index (Phi) is 4.12. The number of nitrogens with zero attached hydrogens (tertiary/aromatic N) is 3. The van der Waals surface area contributed by atoms with Crippen LogP contribution in [-0.4, -0.2) is 46.6 Å². The molecular formula is C21H21FN4O2. The number of hydrogen-bond acceptors (Lipinski definition) is 5. The third kappa shape index (κ3) is 2.96. The van der Waals surface area contributed by atoms with Gasteiger partial charge in [-0.3, -0.25) is 4.79 Å². The maximum absolute atomic E-state index is 13.5. The van der Waals surface area contributed by atoms with Crippen molar-refractivity contribution in [2.24, 2.45) is 0 Å². The molecule has 7 heteroatoms. The zero-order valence-electron chi connectivity index (χ0n) is 15.6. The third-order valence-electron chi connectivity index (χ3n) is 5.57. The van der Waals surface area contributed by atoms with Gasteiger partial charge in [0.15, 0.2) is 0 Å². The Bertz CT molecular complexity index is 1040. The molecule has 28 heavy (non-hydrogen) atoms. The molecule has 0 unspecified atom stereocenters. The second kappa shape index (κ2) is 6.67. The van der Waals surface area contributed by atoms with E-state index < -0.39 is 0 Å². The number of piperazine rings is 1. The minimum Gasteiger partial charge on any atom is -0.335 e. The number of carbonyl (C=O) groups is 1. The van der Waals surface area contributed by atoms with E-state index in [2.05, 4.69) is 15.5 Å². The molecule has 1 aliphatic carbocycles. The molecule has 2 aromatic heterocycles. The summed E-state index contributed by atoms with van der Waals surface area (Å²) in [7, 11) is 0. The molecule has 3 aromatic rings. The van der Waals surface area contributed by atoms with Crippen LogP contribution in [0.25, 0.3) is 22.4 Å². The average Bonchev–Trinajstić information content (AvgIpc) is 3.46. The van der Waals surface area contributed by atoms with Gasteiger partial charge in [-0.25, -0.2) is 9.37 Å². The van der Waals surface area contributed by atoms with Gasteiger partial charge in [-0.05, 0) is 50.1 Å². The number of carbonyl (C=O) groups excluding carboxylic acids is 1. The summed E-state index contributed by atoms with van der Waals surface area (Å²) in [5.41, 5.74) is 3.09. The monoisotopic (exact) mass is 380 g/mol. The smallest absolute Gasteiger partial charge is 0.259 e. The molecule has 5 rings (SSSR count). The second-order valence-corrected chi connectivity index (χ2v) is 7.64. The van der Waals surface area contributed by atoms with Crippen LogP contribution >= 0.6 is 0 Å². The van der Waals surface area contributed by atoms with Crippen LogP contribution in [-0.2, 0) is 0 Å². The van der Waals surface area contributed by atoms with E-state index in [1.807, 2.05) is 11.8 Å². The molecule has 1 aliphatic heterocycles. The van der Waals surface area contributed by atoms with Crippen LogP contribution in [0.15, 0.2) is 34.9 Å². The normalized spacial score (nSPS) is 19.9. The van der Waals surface area contributed by atoms with Crippen molar-refractivity contribution in [2.75, 3.05) is 19.6 Å². The molecule has 6 nitrogen and oxygen atoms in total. The van der Waals surface area contributed by atoms with Gasteiger partial charge in [0.05, 0.1) is 22.3 Å². The fraction of sp³-hybridized carbons (Fsp3) is 0.381. The first-order chi connectivity index (χ1) is 13.6. The summed E-state index contributed by atoms with van der Waals surface area (Å²) < 4.78 is 18.9. The van der Waals surface area contributed by atoms with E-state index in [1.54, 1.807) is 18.2 Å². The fourth-order valence-electron chi connectivity index (χ4n) is 3.84. The fourth-order valence-corrected chi connectivity index (χ4v) is 3.84. The summed E-state index contributed by atoms with van der Waals surface area (Å²) in [6.45, 7) is 4.23. The summed E-state index contributed by atoms with van der Waals surface area (Å²) in [4.78, 5) is 20.0. The lowest BCUT2D eigenvalue weighted by molar-refractivity contribution is 0.0657. The summed E-state index contributed by atoms with van der Waals surface area (Å²) in [5.74, 6) is -0.00645. The maximum atomic E-state index is 13.5. The highest BCUT2D eigenvalue weighted by Crippen LogP contribution is 2.43. The predicted octanol–water partition coefficient (Wildman–Crippen LogP) is 3.34. The van der Waals surface area contributed by atoms with E-state index in [9.17, 15) is 9.18 Å². The van der Waals surface area contributed by atoms with Crippen molar-refractivity contribution >= 4 is 17.0 Å². The first kappa shape index (κ1) is 17.3. The number of amides is 1. The lowest BCUT2D eigenvalue weighted by Crippen LogP contribution is -2.52. The molecule has 1 N–H and O–H groups in total. The van der Waals surface area contributed by atoms with Gasteiger partial charge in [-0.15, -0.1) is 0 Å². The first-order valence-corrected chi connectivity index (χ1v) is 9.70. The molecule has 2 fully saturated rings. The van der Waals surface area contributed by atoms with Crippen molar-refractivity contribution in [1.82, 2.24) is 20.4 Å². The molecule has 144 valence electrons. The number of nitrogens with one attached hydrogen (secondary N) is 1. The number of pyridine rings is 1. The van der Waals surface area contributed by atoms with Gasteiger partial charge in [0.1, 0.15) is 5.82 Å². The highest BCUT2D eigenvalue weighted by atomic mass is 19.1. The number of halogens is 1. The van der Waals surface area contributed by atoms with Crippen LogP contribution in [0, 0.1) is 5.82 Å². The molecule has 1 aromatic carbocycles. The zero-order chi connectivity index (χ0) is 19.3. The molecule has 1 saturated carbocycles. The molecular weight excluding hydrogens is 359 g/mol. The van der Waals surface area contributed by atoms with Crippen molar-refractivity contribution in [3.8, 4) is 11.3 Å². The summed E-state index contributed by atoms with van der Waals surface area (Å²) in [6, 6.07) is 7.99. The highest BCUT2D eigenvalue weighted by Gasteiger charge is 2.34. The van der Waals surface area contributed by atoms with E-state index >= 15 is 0 Å². The quantitative estimate of drug-likeness (QED) is 0.755. The van der Waals surface area contributed by atoms with Gasteiger partial charge >= 0.3 is 0 Å². The Morgan fingerprint density at radius 1 is 1.29 bits per heavy atom. The SMILES string of the molecule is C[C@@H]1CNCCN1C(=O)c1cc(-c2ccc(F)cc2)nc2onc(C3CC3)c12. The second-order valence-electron chi connectivity index (χ2n) is 7.64. The molecule has 0 radical (unpaired) electrons. The van der Waals surface area contributed by atoms with Crippen molar-refractivity contribution in [3.05, 3.63) is 47.4 Å². The van der Waals surface area contributed by atoms with Gasteiger partial charge in [-0.1, -0.05) is 5.16 Å². The Hall–Kier alpha value is -2.80.